The van der Waals surface area contributed by atoms with E-state index in [1.807, 2.05) is 47.4 Å². The highest BCUT2D eigenvalue weighted by Crippen LogP contribution is 2.36. The highest BCUT2D eigenvalue weighted by atomic mass is 16.2. The van der Waals surface area contributed by atoms with Gasteiger partial charge < -0.3 is 4.90 Å². The molecule has 2 aromatic heterocycles. The van der Waals surface area contributed by atoms with Crippen LogP contribution in [0.3, 0.4) is 0 Å². The first-order valence-corrected chi connectivity index (χ1v) is 11.0. The highest BCUT2D eigenvalue weighted by molar-refractivity contribution is 6.26. The summed E-state index contributed by atoms with van der Waals surface area (Å²) in [6, 6.07) is 30.4. The number of amides is 1. The lowest BCUT2D eigenvalue weighted by Crippen LogP contribution is -2.31. The fourth-order valence-electron chi connectivity index (χ4n) is 4.67. The summed E-state index contributed by atoms with van der Waals surface area (Å²) < 4.78 is 0. The van der Waals surface area contributed by atoms with Crippen molar-refractivity contribution in [3.63, 3.8) is 0 Å². The van der Waals surface area contributed by atoms with E-state index in [-0.39, 0.29) is 5.91 Å². The second-order valence-corrected chi connectivity index (χ2v) is 8.27. The van der Waals surface area contributed by atoms with E-state index >= 15 is 0 Å². The number of benzene rings is 4. The highest BCUT2D eigenvalue weighted by Gasteiger charge is 2.21. The number of carbonyl (C=O) groups is 1. The van der Waals surface area contributed by atoms with Gasteiger partial charge in [0.05, 0.1) is 24.5 Å². The molecule has 0 fully saturated rings. The van der Waals surface area contributed by atoms with Gasteiger partial charge in [-0.3, -0.25) is 14.8 Å². The molecule has 0 N–H and O–H groups in total. The summed E-state index contributed by atoms with van der Waals surface area (Å²) in [5, 5.41) is 6.86. The molecule has 0 radical (unpaired) electrons. The van der Waals surface area contributed by atoms with Crippen molar-refractivity contribution in [1.29, 1.82) is 0 Å². The first-order chi connectivity index (χ1) is 16.3. The van der Waals surface area contributed by atoms with Crippen molar-refractivity contribution in [2.24, 2.45) is 0 Å². The topological polar surface area (TPSA) is 46.1 Å². The van der Waals surface area contributed by atoms with Crippen LogP contribution in [0.15, 0.2) is 103 Å². The van der Waals surface area contributed by atoms with E-state index in [1.165, 1.54) is 16.2 Å². The molecule has 0 saturated carbocycles. The quantitative estimate of drug-likeness (QED) is 0.307. The first-order valence-electron chi connectivity index (χ1n) is 11.0. The van der Waals surface area contributed by atoms with E-state index in [4.69, 9.17) is 0 Å². The van der Waals surface area contributed by atoms with Crippen LogP contribution in [0.1, 0.15) is 21.7 Å². The van der Waals surface area contributed by atoms with Crippen molar-refractivity contribution in [3.05, 3.63) is 120 Å². The molecule has 0 spiro atoms. The maximum atomic E-state index is 14.0. The van der Waals surface area contributed by atoms with Gasteiger partial charge in [0.15, 0.2) is 0 Å². The molecule has 0 aliphatic heterocycles. The molecule has 4 heteroatoms. The molecule has 4 nitrogen and oxygen atoms in total. The molecular formula is C29H21N3O. The maximum absolute atomic E-state index is 14.0. The fourth-order valence-corrected chi connectivity index (χ4v) is 4.67. The fraction of sp³-hybridized carbons (Fsp3) is 0.0690. The molecule has 0 bridgehead atoms. The van der Waals surface area contributed by atoms with E-state index in [2.05, 4.69) is 58.5 Å². The molecule has 0 saturated heterocycles. The summed E-state index contributed by atoms with van der Waals surface area (Å²) in [5.74, 6) is -0.0239. The zero-order valence-electron chi connectivity index (χ0n) is 18.0. The Labute approximate surface area is 191 Å². The Hall–Kier alpha value is -4.31. The van der Waals surface area contributed by atoms with Crippen LogP contribution < -0.4 is 0 Å². The number of hydrogen-bond acceptors (Lipinski definition) is 3. The summed E-state index contributed by atoms with van der Waals surface area (Å²) in [7, 11) is 0. The van der Waals surface area contributed by atoms with Gasteiger partial charge in [0, 0.05) is 18.0 Å². The Bertz CT molecular complexity index is 1520. The third-order valence-corrected chi connectivity index (χ3v) is 6.20. The van der Waals surface area contributed by atoms with Crippen LogP contribution >= 0.6 is 0 Å². The Kier molecular flexibility index (Phi) is 4.69. The summed E-state index contributed by atoms with van der Waals surface area (Å²) in [5.41, 5.74) is 2.40. The van der Waals surface area contributed by atoms with Crippen LogP contribution in [-0.2, 0) is 13.1 Å². The Morgan fingerprint density at radius 1 is 0.606 bits per heavy atom. The Balaban J connectivity index is 1.49. The molecule has 158 valence electrons. The third-order valence-electron chi connectivity index (χ3n) is 6.20. The molecule has 6 rings (SSSR count). The minimum Gasteiger partial charge on any atom is -0.327 e. The van der Waals surface area contributed by atoms with Crippen LogP contribution in [0.4, 0.5) is 0 Å². The molecule has 6 aromatic rings. The minimum atomic E-state index is -0.0239. The second-order valence-electron chi connectivity index (χ2n) is 8.27. The van der Waals surface area contributed by atoms with Crippen LogP contribution in [0.5, 0.6) is 0 Å². The van der Waals surface area contributed by atoms with E-state index in [0.717, 1.165) is 27.5 Å². The van der Waals surface area contributed by atoms with Crippen molar-refractivity contribution >= 4 is 38.2 Å². The summed E-state index contributed by atoms with van der Waals surface area (Å²) in [4.78, 5) is 24.7. The van der Waals surface area contributed by atoms with Crippen molar-refractivity contribution < 1.29 is 4.79 Å². The largest absolute Gasteiger partial charge is 0.327 e. The van der Waals surface area contributed by atoms with E-state index in [1.54, 1.807) is 12.4 Å². The number of carbonyl (C=O) groups excluding carboxylic acids is 1. The Morgan fingerprint density at radius 3 is 1.79 bits per heavy atom. The monoisotopic (exact) mass is 427 g/mol. The number of nitrogens with zero attached hydrogens (tertiary/aromatic N) is 3. The molecule has 1 amide bonds. The van der Waals surface area contributed by atoms with Gasteiger partial charge >= 0.3 is 0 Å². The van der Waals surface area contributed by atoms with E-state index < -0.39 is 0 Å². The second kappa shape index (κ2) is 7.99. The number of hydrogen-bond donors (Lipinski definition) is 0. The maximum Gasteiger partial charge on any atom is 0.255 e. The van der Waals surface area contributed by atoms with Crippen molar-refractivity contribution in [1.82, 2.24) is 14.9 Å². The van der Waals surface area contributed by atoms with Gasteiger partial charge in [0.25, 0.3) is 5.91 Å². The lowest BCUT2D eigenvalue weighted by Gasteiger charge is -2.23. The minimum absolute atomic E-state index is 0.0239. The molecule has 4 aromatic carbocycles. The standard InChI is InChI=1S/C29H21N3O/c33-29(32(18-23-8-1-3-16-30-23)19-24-9-2-4-17-31-24)26-15-13-22-11-10-20-6-5-7-21-12-14-25(26)28(22)27(20)21/h1-17H,18-19H2. The zero-order valence-corrected chi connectivity index (χ0v) is 18.0. The van der Waals surface area contributed by atoms with E-state index in [9.17, 15) is 4.79 Å². The lowest BCUT2D eigenvalue weighted by molar-refractivity contribution is 0.0727. The van der Waals surface area contributed by atoms with Gasteiger partial charge in [0.2, 0.25) is 0 Å². The number of rotatable bonds is 5. The van der Waals surface area contributed by atoms with Gasteiger partial charge in [-0.15, -0.1) is 0 Å². The smallest absolute Gasteiger partial charge is 0.255 e. The molecular weight excluding hydrogens is 406 g/mol. The average molecular weight is 428 g/mol. The average Bonchev–Trinajstić information content (AvgIpc) is 2.88. The molecule has 0 aliphatic rings. The molecule has 33 heavy (non-hydrogen) atoms. The predicted octanol–water partition coefficient (Wildman–Crippen LogP) is 6.22. The predicted molar refractivity (Wildman–Crippen MR) is 132 cm³/mol. The van der Waals surface area contributed by atoms with Gasteiger partial charge in [-0.25, -0.2) is 0 Å². The molecule has 0 aliphatic carbocycles. The lowest BCUT2D eigenvalue weighted by atomic mass is 9.91. The molecule has 2 heterocycles. The third kappa shape index (κ3) is 3.46. The van der Waals surface area contributed by atoms with Gasteiger partial charge in [-0.2, -0.15) is 0 Å². The van der Waals surface area contributed by atoms with Crippen molar-refractivity contribution in [2.75, 3.05) is 0 Å². The van der Waals surface area contributed by atoms with Crippen LogP contribution in [0.25, 0.3) is 32.3 Å². The van der Waals surface area contributed by atoms with Crippen molar-refractivity contribution in [2.45, 2.75) is 13.1 Å². The van der Waals surface area contributed by atoms with Gasteiger partial charge in [-0.05, 0) is 62.6 Å². The van der Waals surface area contributed by atoms with Gasteiger partial charge in [0.1, 0.15) is 0 Å². The molecule has 0 unspecified atom stereocenters. The number of pyridine rings is 2. The van der Waals surface area contributed by atoms with Crippen LogP contribution in [0, 0.1) is 0 Å². The Morgan fingerprint density at radius 2 is 1.18 bits per heavy atom. The summed E-state index contributed by atoms with van der Waals surface area (Å²) >= 11 is 0. The molecule has 0 atom stereocenters. The van der Waals surface area contributed by atoms with E-state index in [0.29, 0.717) is 18.7 Å². The SMILES string of the molecule is O=C(c1ccc2ccc3cccc4ccc1c2c34)N(Cc1ccccn1)Cc1ccccn1. The van der Waals surface area contributed by atoms with Crippen LogP contribution in [0.2, 0.25) is 0 Å². The van der Waals surface area contributed by atoms with Crippen molar-refractivity contribution in [3.8, 4) is 0 Å². The summed E-state index contributed by atoms with van der Waals surface area (Å²) in [6.07, 6.45) is 3.52. The summed E-state index contributed by atoms with van der Waals surface area (Å²) in [6.45, 7) is 0.830. The number of aromatic nitrogens is 2. The normalized spacial score (nSPS) is 11.4. The first kappa shape index (κ1) is 19.4. The zero-order chi connectivity index (χ0) is 22.2. The van der Waals surface area contributed by atoms with Gasteiger partial charge in [-0.1, -0.05) is 60.7 Å². The van der Waals surface area contributed by atoms with Crippen LogP contribution in [-0.4, -0.2) is 20.8 Å².